The van der Waals surface area contributed by atoms with Gasteiger partial charge in [0.15, 0.2) is 5.75 Å². The van der Waals surface area contributed by atoms with Gasteiger partial charge in [-0.25, -0.2) is 0 Å². The molecule has 0 spiro atoms. The minimum absolute atomic E-state index is 0.123. The van der Waals surface area contributed by atoms with Crippen molar-refractivity contribution in [1.82, 2.24) is 0 Å². The van der Waals surface area contributed by atoms with E-state index in [1.807, 2.05) is 57.2 Å². The number of aryl methyl sites for hydroxylation is 1. The van der Waals surface area contributed by atoms with Crippen molar-refractivity contribution in [3.8, 4) is 17.2 Å². The molecule has 0 radical (unpaired) electrons. The van der Waals surface area contributed by atoms with Gasteiger partial charge in [-0.05, 0) is 80.1 Å². The molecule has 0 bridgehead atoms. The number of benzene rings is 3. The summed E-state index contributed by atoms with van der Waals surface area (Å²) in [6.07, 6.45) is -0.263. The molecule has 3 aromatic rings. The minimum atomic E-state index is -0.934. The van der Waals surface area contributed by atoms with E-state index in [1.54, 1.807) is 19.2 Å². The Morgan fingerprint density at radius 2 is 1.56 bits per heavy atom. The van der Waals surface area contributed by atoms with Gasteiger partial charge < -0.3 is 19.7 Å². The SMILES string of the molecule is COc1cc(C(CC(=O)O)c2cccc(C)c2)c(Oc2c(Br)cc(CC(=O)O)cc2Br)cc1C(C)C. The number of ether oxygens (including phenoxy) is 2. The summed E-state index contributed by atoms with van der Waals surface area (Å²) in [5, 5.41) is 18.9. The van der Waals surface area contributed by atoms with Gasteiger partial charge in [0.2, 0.25) is 0 Å². The summed E-state index contributed by atoms with van der Waals surface area (Å²) in [7, 11) is 1.60. The van der Waals surface area contributed by atoms with Crippen LogP contribution in [-0.4, -0.2) is 29.3 Å². The van der Waals surface area contributed by atoms with E-state index in [1.165, 1.54) is 0 Å². The van der Waals surface area contributed by atoms with E-state index in [9.17, 15) is 14.7 Å². The Bertz CT molecular complexity index is 1260. The van der Waals surface area contributed by atoms with Crippen LogP contribution in [0.25, 0.3) is 0 Å². The summed E-state index contributed by atoms with van der Waals surface area (Å²) < 4.78 is 13.3. The summed E-state index contributed by atoms with van der Waals surface area (Å²) in [6.45, 7) is 6.06. The summed E-state index contributed by atoms with van der Waals surface area (Å²) in [4.78, 5) is 23.1. The number of rotatable bonds is 10. The molecule has 0 saturated heterocycles. The molecule has 0 aliphatic carbocycles. The second-order valence-electron chi connectivity index (χ2n) is 8.91. The van der Waals surface area contributed by atoms with Gasteiger partial charge in [-0.15, -0.1) is 0 Å². The highest BCUT2D eigenvalue weighted by molar-refractivity contribution is 9.11. The predicted molar refractivity (Wildman–Crippen MR) is 146 cm³/mol. The standard InChI is InChI=1S/C28H28Br2O6/c1-15(2)19-12-25(36-28-22(29)9-17(10-23(28)30)11-26(31)32)21(13-24(19)35-4)20(14-27(33)34)18-7-5-6-16(3)8-18/h5-10,12-13,15,20H,11,14H2,1-4H3,(H,31,32)(H,33,34). The molecule has 0 aliphatic heterocycles. The number of hydrogen-bond acceptors (Lipinski definition) is 4. The summed E-state index contributed by atoms with van der Waals surface area (Å²) in [5.74, 6) is -0.612. The molecule has 0 heterocycles. The predicted octanol–water partition coefficient (Wildman–Crippen LogP) is 7.68. The van der Waals surface area contributed by atoms with Crippen LogP contribution in [0, 0.1) is 6.92 Å². The molecular weight excluding hydrogens is 592 g/mol. The van der Waals surface area contributed by atoms with Crippen molar-refractivity contribution in [2.45, 2.75) is 45.4 Å². The Morgan fingerprint density at radius 1 is 0.917 bits per heavy atom. The van der Waals surface area contributed by atoms with Gasteiger partial charge >= 0.3 is 11.9 Å². The van der Waals surface area contributed by atoms with Crippen LogP contribution in [0.2, 0.25) is 0 Å². The maximum atomic E-state index is 11.9. The zero-order valence-electron chi connectivity index (χ0n) is 20.5. The molecule has 2 N–H and O–H groups in total. The number of methoxy groups -OCH3 is 1. The lowest BCUT2D eigenvalue weighted by Crippen LogP contribution is -2.11. The van der Waals surface area contributed by atoms with Crippen molar-refractivity contribution < 1.29 is 29.3 Å². The highest BCUT2D eigenvalue weighted by Gasteiger charge is 2.26. The van der Waals surface area contributed by atoms with Crippen LogP contribution in [0.5, 0.6) is 17.2 Å². The first-order valence-electron chi connectivity index (χ1n) is 11.4. The van der Waals surface area contributed by atoms with E-state index in [-0.39, 0.29) is 18.8 Å². The summed E-state index contributed by atoms with van der Waals surface area (Å²) >= 11 is 7.02. The first-order chi connectivity index (χ1) is 17.0. The Kier molecular flexibility index (Phi) is 9.19. The van der Waals surface area contributed by atoms with Gasteiger partial charge in [-0.2, -0.15) is 0 Å². The zero-order chi connectivity index (χ0) is 26.6. The largest absolute Gasteiger partial charge is 0.496 e. The van der Waals surface area contributed by atoms with Gasteiger partial charge in [0.25, 0.3) is 0 Å². The Labute approximate surface area is 227 Å². The van der Waals surface area contributed by atoms with Gasteiger partial charge in [-0.1, -0.05) is 43.7 Å². The fourth-order valence-electron chi connectivity index (χ4n) is 4.15. The summed E-state index contributed by atoms with van der Waals surface area (Å²) in [6, 6.07) is 14.9. The average molecular weight is 620 g/mol. The Morgan fingerprint density at radius 3 is 2.08 bits per heavy atom. The molecule has 3 aromatic carbocycles. The number of halogens is 2. The number of carboxylic acid groups (broad SMARTS) is 2. The van der Waals surface area contributed by atoms with E-state index in [0.29, 0.717) is 37.3 Å². The van der Waals surface area contributed by atoms with Crippen molar-refractivity contribution in [2.75, 3.05) is 7.11 Å². The van der Waals surface area contributed by atoms with E-state index in [0.717, 1.165) is 16.7 Å². The highest BCUT2D eigenvalue weighted by atomic mass is 79.9. The molecule has 190 valence electrons. The second kappa shape index (κ2) is 11.9. The molecule has 0 fully saturated rings. The molecule has 3 rings (SSSR count). The zero-order valence-corrected chi connectivity index (χ0v) is 23.6. The molecule has 0 aliphatic rings. The molecule has 36 heavy (non-hydrogen) atoms. The van der Waals surface area contributed by atoms with Crippen LogP contribution in [0.3, 0.4) is 0 Å². The topological polar surface area (TPSA) is 93.1 Å². The number of hydrogen-bond donors (Lipinski definition) is 2. The van der Waals surface area contributed by atoms with Crippen LogP contribution in [0.15, 0.2) is 57.5 Å². The fourth-order valence-corrected chi connectivity index (χ4v) is 5.59. The lowest BCUT2D eigenvalue weighted by molar-refractivity contribution is -0.137. The van der Waals surface area contributed by atoms with E-state index < -0.39 is 17.9 Å². The molecule has 6 nitrogen and oxygen atoms in total. The van der Waals surface area contributed by atoms with E-state index in [2.05, 4.69) is 31.9 Å². The smallest absolute Gasteiger partial charge is 0.307 e. The van der Waals surface area contributed by atoms with Gasteiger partial charge in [0.05, 0.1) is 28.9 Å². The van der Waals surface area contributed by atoms with Crippen LogP contribution >= 0.6 is 31.9 Å². The molecule has 0 amide bonds. The molecular formula is C28H28Br2O6. The highest BCUT2D eigenvalue weighted by Crippen LogP contribution is 2.45. The summed E-state index contributed by atoms with van der Waals surface area (Å²) in [5.41, 5.74) is 4.09. The Balaban J connectivity index is 2.22. The average Bonchev–Trinajstić information content (AvgIpc) is 2.79. The Hall–Kier alpha value is -2.84. The van der Waals surface area contributed by atoms with Crippen LogP contribution in [0.1, 0.15) is 59.9 Å². The lowest BCUT2D eigenvalue weighted by Gasteiger charge is -2.24. The van der Waals surface area contributed by atoms with E-state index >= 15 is 0 Å². The van der Waals surface area contributed by atoms with Crippen LogP contribution in [0.4, 0.5) is 0 Å². The third-order valence-corrected chi connectivity index (χ3v) is 6.99. The number of carboxylic acids is 2. The van der Waals surface area contributed by atoms with Gasteiger partial charge in [0.1, 0.15) is 11.5 Å². The molecule has 1 atom stereocenters. The number of aliphatic carboxylic acids is 2. The molecule has 0 saturated carbocycles. The maximum Gasteiger partial charge on any atom is 0.307 e. The minimum Gasteiger partial charge on any atom is -0.496 e. The van der Waals surface area contributed by atoms with Gasteiger partial charge in [-0.3, -0.25) is 9.59 Å². The van der Waals surface area contributed by atoms with Crippen molar-refractivity contribution >= 4 is 43.8 Å². The van der Waals surface area contributed by atoms with Crippen molar-refractivity contribution in [1.29, 1.82) is 0 Å². The van der Waals surface area contributed by atoms with Crippen molar-refractivity contribution in [2.24, 2.45) is 0 Å². The first-order valence-corrected chi connectivity index (χ1v) is 13.0. The lowest BCUT2D eigenvalue weighted by atomic mass is 9.85. The van der Waals surface area contributed by atoms with E-state index in [4.69, 9.17) is 14.6 Å². The molecule has 8 heteroatoms. The quantitative estimate of drug-likeness (QED) is 0.242. The maximum absolute atomic E-state index is 11.9. The van der Waals surface area contributed by atoms with Crippen molar-refractivity contribution in [3.63, 3.8) is 0 Å². The molecule has 1 unspecified atom stereocenters. The number of carbonyl (C=O) groups is 2. The third-order valence-electron chi connectivity index (χ3n) is 5.81. The molecule has 0 aromatic heterocycles. The van der Waals surface area contributed by atoms with Crippen LogP contribution in [-0.2, 0) is 16.0 Å². The van der Waals surface area contributed by atoms with Gasteiger partial charge in [0, 0.05) is 17.0 Å². The normalized spacial score (nSPS) is 11.9. The van der Waals surface area contributed by atoms with Crippen LogP contribution < -0.4 is 9.47 Å². The monoisotopic (exact) mass is 618 g/mol. The first kappa shape index (κ1) is 27.7. The third kappa shape index (κ3) is 6.68. The fraction of sp³-hybridized carbons (Fsp3) is 0.286. The van der Waals surface area contributed by atoms with Crippen molar-refractivity contribution in [3.05, 3.63) is 85.3 Å². The second-order valence-corrected chi connectivity index (χ2v) is 10.6.